The van der Waals surface area contributed by atoms with E-state index in [4.69, 9.17) is 0 Å². The fourth-order valence-corrected chi connectivity index (χ4v) is 4.13. The summed E-state index contributed by atoms with van der Waals surface area (Å²) < 4.78 is 15.2. The molecule has 2 fully saturated rings. The summed E-state index contributed by atoms with van der Waals surface area (Å²) in [6.07, 6.45) is 2.65. The van der Waals surface area contributed by atoms with Gasteiger partial charge < -0.3 is 21.3 Å². The van der Waals surface area contributed by atoms with Gasteiger partial charge in [-0.05, 0) is 61.1 Å². The third-order valence-corrected chi connectivity index (χ3v) is 6.02. The molecule has 2 aliphatic heterocycles. The van der Waals surface area contributed by atoms with E-state index in [0.717, 1.165) is 18.4 Å². The minimum atomic E-state index is -0.549. The predicted octanol–water partition coefficient (Wildman–Crippen LogP) is 2.35. The summed E-state index contributed by atoms with van der Waals surface area (Å²) in [6, 6.07) is 9.34. The van der Waals surface area contributed by atoms with E-state index in [1.807, 2.05) is 0 Å². The van der Waals surface area contributed by atoms with E-state index in [0.29, 0.717) is 49.0 Å². The average molecular weight is 465 g/mol. The van der Waals surface area contributed by atoms with E-state index >= 15 is 4.39 Å². The van der Waals surface area contributed by atoms with Crippen molar-refractivity contribution in [2.45, 2.75) is 37.6 Å². The molecule has 0 radical (unpaired) electrons. The van der Waals surface area contributed by atoms with Crippen LogP contribution >= 0.6 is 0 Å². The normalized spacial score (nSPS) is 19.1. The zero-order valence-electron chi connectivity index (χ0n) is 18.4. The number of carbonyl (C=O) groups excluding carboxylic acids is 3. The predicted molar refractivity (Wildman–Crippen MR) is 126 cm³/mol. The highest BCUT2D eigenvalue weighted by Gasteiger charge is 2.30. The Labute approximate surface area is 195 Å². The van der Waals surface area contributed by atoms with Crippen LogP contribution in [-0.2, 0) is 9.59 Å². The first-order valence-corrected chi connectivity index (χ1v) is 11.4. The van der Waals surface area contributed by atoms with Crippen LogP contribution in [0.1, 0.15) is 47.5 Å². The maximum absolute atomic E-state index is 15.2. The van der Waals surface area contributed by atoms with Gasteiger partial charge in [-0.3, -0.25) is 24.7 Å². The summed E-state index contributed by atoms with van der Waals surface area (Å²) in [5.74, 6) is -0.784. The number of hydrogen-bond acceptors (Lipinski definition) is 6. The van der Waals surface area contributed by atoms with Crippen LogP contribution in [0.25, 0.3) is 0 Å². The van der Waals surface area contributed by atoms with Crippen molar-refractivity contribution in [2.75, 3.05) is 23.7 Å². The summed E-state index contributed by atoms with van der Waals surface area (Å²) in [7, 11) is 0. The smallest absolute Gasteiger partial charge is 0.258 e. The summed E-state index contributed by atoms with van der Waals surface area (Å²) in [5.41, 5.74) is 2.43. The van der Waals surface area contributed by atoms with Gasteiger partial charge in [-0.2, -0.15) is 0 Å². The number of hydrogen-bond donors (Lipinski definition) is 5. The molecule has 3 amide bonds. The Hall–Kier alpha value is -3.95. The molecule has 2 heterocycles. The highest BCUT2D eigenvalue weighted by atomic mass is 19.1. The molecule has 5 rings (SSSR count). The first-order chi connectivity index (χ1) is 16.5. The lowest BCUT2D eigenvalue weighted by molar-refractivity contribution is -0.122. The van der Waals surface area contributed by atoms with Gasteiger partial charge in [0.15, 0.2) is 5.96 Å². The highest BCUT2D eigenvalue weighted by molar-refractivity contribution is 6.06. The summed E-state index contributed by atoms with van der Waals surface area (Å²) in [5, 5.41) is 14.2. The molecule has 176 valence electrons. The van der Waals surface area contributed by atoms with Crippen molar-refractivity contribution in [1.82, 2.24) is 16.0 Å². The van der Waals surface area contributed by atoms with Crippen molar-refractivity contribution < 1.29 is 18.8 Å². The minimum absolute atomic E-state index is 0.136. The minimum Gasteiger partial charge on any atom is -0.354 e. The monoisotopic (exact) mass is 464 g/mol. The molecule has 0 spiro atoms. The quantitative estimate of drug-likeness (QED) is 0.449. The molecule has 0 unspecified atom stereocenters. The number of nitrogens with one attached hydrogen (secondary N) is 5. The van der Waals surface area contributed by atoms with Crippen LogP contribution in [0.2, 0.25) is 0 Å². The number of guanidine groups is 1. The lowest BCUT2D eigenvalue weighted by atomic mass is 10.0. The fraction of sp³-hybridized carbons (Fsp3) is 0.333. The molecular weight excluding hydrogens is 439 g/mol. The van der Waals surface area contributed by atoms with E-state index in [-0.39, 0.29) is 23.3 Å². The molecule has 0 aromatic heterocycles. The zero-order valence-corrected chi connectivity index (χ0v) is 18.4. The SMILES string of the molecule is O=C1CC[C@H](C(=O)Nc2cccc(Nc3c(F)cc(C(=O)NC4=NCCN4)cc3C3CC3)c2)N1. The summed E-state index contributed by atoms with van der Waals surface area (Å²) >= 11 is 0. The van der Waals surface area contributed by atoms with Gasteiger partial charge in [-0.25, -0.2) is 4.39 Å². The summed E-state index contributed by atoms with van der Waals surface area (Å²) in [6.45, 7) is 1.25. The molecule has 2 aromatic rings. The van der Waals surface area contributed by atoms with Gasteiger partial charge >= 0.3 is 0 Å². The molecule has 34 heavy (non-hydrogen) atoms. The standard InChI is InChI=1S/C24H25FN6O3/c25-18-11-14(22(33)31-24-26-8-9-27-24)10-17(13-4-5-13)21(18)28-15-2-1-3-16(12-15)29-23(34)19-6-7-20(32)30-19/h1-3,10-13,19,28H,4-9H2,(H,29,34)(H,30,32)(H2,26,27,31,33)/t19-/m1/s1. The van der Waals surface area contributed by atoms with Crippen LogP contribution in [0, 0.1) is 5.82 Å². The number of amides is 3. The number of anilines is 3. The lowest BCUT2D eigenvalue weighted by Crippen LogP contribution is -2.38. The summed E-state index contributed by atoms with van der Waals surface area (Å²) in [4.78, 5) is 40.5. The van der Waals surface area contributed by atoms with Gasteiger partial charge in [-0.1, -0.05) is 6.07 Å². The molecule has 5 N–H and O–H groups in total. The van der Waals surface area contributed by atoms with Crippen molar-refractivity contribution in [3.63, 3.8) is 0 Å². The molecule has 3 aliphatic rings. The van der Waals surface area contributed by atoms with Crippen molar-refractivity contribution in [3.8, 4) is 0 Å². The van der Waals surface area contributed by atoms with E-state index < -0.39 is 17.8 Å². The van der Waals surface area contributed by atoms with Crippen LogP contribution < -0.4 is 26.6 Å². The van der Waals surface area contributed by atoms with Crippen LogP contribution in [0.3, 0.4) is 0 Å². The number of rotatable bonds is 6. The maximum Gasteiger partial charge on any atom is 0.258 e. The van der Waals surface area contributed by atoms with E-state index in [1.165, 1.54) is 6.07 Å². The zero-order chi connectivity index (χ0) is 23.7. The molecule has 2 aromatic carbocycles. The number of carbonyl (C=O) groups is 3. The first-order valence-electron chi connectivity index (χ1n) is 11.4. The average Bonchev–Trinajstić information content (AvgIpc) is 3.35. The number of benzene rings is 2. The maximum atomic E-state index is 15.2. The van der Waals surface area contributed by atoms with Crippen molar-refractivity contribution >= 4 is 40.7 Å². The Morgan fingerprint density at radius 2 is 1.88 bits per heavy atom. The van der Waals surface area contributed by atoms with Gasteiger partial charge in [0.2, 0.25) is 11.8 Å². The van der Waals surface area contributed by atoms with Gasteiger partial charge in [-0.15, -0.1) is 0 Å². The van der Waals surface area contributed by atoms with Gasteiger partial charge in [0.25, 0.3) is 5.91 Å². The van der Waals surface area contributed by atoms with Gasteiger partial charge in [0, 0.05) is 29.9 Å². The highest BCUT2D eigenvalue weighted by Crippen LogP contribution is 2.45. The Balaban J connectivity index is 1.33. The van der Waals surface area contributed by atoms with Crippen LogP contribution in [0.15, 0.2) is 41.4 Å². The Kier molecular flexibility index (Phi) is 5.87. The molecule has 1 aliphatic carbocycles. The number of nitrogens with zero attached hydrogens (tertiary/aromatic N) is 1. The topological polar surface area (TPSA) is 124 Å². The van der Waals surface area contributed by atoms with E-state index in [2.05, 4.69) is 31.6 Å². The van der Waals surface area contributed by atoms with Crippen molar-refractivity contribution in [2.24, 2.45) is 4.99 Å². The second-order valence-electron chi connectivity index (χ2n) is 8.66. The number of aliphatic imine (C=N–C) groups is 1. The van der Waals surface area contributed by atoms with Gasteiger partial charge in [0.05, 0.1) is 12.2 Å². The fourth-order valence-electron chi connectivity index (χ4n) is 4.13. The molecule has 1 atom stereocenters. The third kappa shape index (κ3) is 4.85. The number of halogens is 1. The Morgan fingerprint density at radius 1 is 1.06 bits per heavy atom. The van der Waals surface area contributed by atoms with Crippen LogP contribution in [0.4, 0.5) is 21.5 Å². The second-order valence-corrected chi connectivity index (χ2v) is 8.66. The molecular formula is C24H25FN6O3. The molecule has 9 nitrogen and oxygen atoms in total. The first kappa shape index (κ1) is 21.9. The van der Waals surface area contributed by atoms with Crippen molar-refractivity contribution in [1.29, 1.82) is 0 Å². The Morgan fingerprint density at radius 3 is 2.59 bits per heavy atom. The molecule has 0 bridgehead atoms. The van der Waals surface area contributed by atoms with E-state index in [1.54, 1.807) is 30.3 Å². The largest absolute Gasteiger partial charge is 0.354 e. The van der Waals surface area contributed by atoms with E-state index in [9.17, 15) is 14.4 Å². The molecule has 1 saturated carbocycles. The second kappa shape index (κ2) is 9.12. The van der Waals surface area contributed by atoms with Crippen molar-refractivity contribution in [3.05, 3.63) is 53.3 Å². The third-order valence-electron chi connectivity index (χ3n) is 6.02. The van der Waals surface area contributed by atoms with Crippen LogP contribution in [-0.4, -0.2) is 42.8 Å². The van der Waals surface area contributed by atoms with Gasteiger partial charge in [0.1, 0.15) is 11.9 Å². The Bertz CT molecular complexity index is 1190. The lowest BCUT2D eigenvalue weighted by Gasteiger charge is -2.16. The molecule has 1 saturated heterocycles. The van der Waals surface area contributed by atoms with Crippen LogP contribution in [0.5, 0.6) is 0 Å². The molecule has 10 heteroatoms.